The topological polar surface area (TPSA) is 12.4 Å². The van der Waals surface area contributed by atoms with E-state index in [1.165, 1.54) is 5.56 Å². The van der Waals surface area contributed by atoms with Crippen LogP contribution >= 0.6 is 0 Å². The summed E-state index contributed by atoms with van der Waals surface area (Å²) in [6.45, 7) is 7.83. The second-order valence-electron chi connectivity index (χ2n) is 3.55. The van der Waals surface area contributed by atoms with Crippen LogP contribution < -0.4 is 0 Å². The predicted molar refractivity (Wildman–Crippen MR) is 58.2 cm³/mol. The van der Waals surface area contributed by atoms with Gasteiger partial charge in [0.05, 0.1) is 0 Å². The second-order valence-corrected chi connectivity index (χ2v) is 3.55. The fraction of sp³-hybridized carbons (Fsp3) is 0.250. The largest absolute Gasteiger partial charge is 0.269 e. The standard InChI is InChI=1S/C12H15N/c1-4-13-10-12(2,3)11-8-6-5-7-9-11/h4-10H,1H2,2-3H3. The molecule has 0 heterocycles. The molecule has 1 nitrogen and oxygen atoms in total. The van der Waals surface area contributed by atoms with E-state index in [1.807, 2.05) is 24.4 Å². The van der Waals surface area contributed by atoms with Gasteiger partial charge in [0.2, 0.25) is 0 Å². The van der Waals surface area contributed by atoms with Gasteiger partial charge in [-0.1, -0.05) is 50.8 Å². The van der Waals surface area contributed by atoms with E-state index < -0.39 is 0 Å². The highest BCUT2D eigenvalue weighted by Crippen LogP contribution is 2.20. The van der Waals surface area contributed by atoms with E-state index in [1.54, 1.807) is 6.20 Å². The summed E-state index contributed by atoms with van der Waals surface area (Å²) in [7, 11) is 0. The zero-order valence-corrected chi connectivity index (χ0v) is 8.20. The Hall–Kier alpha value is -1.37. The Kier molecular flexibility index (Phi) is 3.02. The summed E-state index contributed by atoms with van der Waals surface area (Å²) in [6.07, 6.45) is 3.47. The van der Waals surface area contributed by atoms with Crippen molar-refractivity contribution in [2.45, 2.75) is 19.3 Å². The van der Waals surface area contributed by atoms with Crippen LogP contribution in [-0.2, 0) is 5.41 Å². The van der Waals surface area contributed by atoms with Crippen LogP contribution in [0.5, 0.6) is 0 Å². The first-order valence-electron chi connectivity index (χ1n) is 4.37. The van der Waals surface area contributed by atoms with Gasteiger partial charge in [0.15, 0.2) is 0 Å². The first-order valence-corrected chi connectivity index (χ1v) is 4.37. The summed E-state index contributed by atoms with van der Waals surface area (Å²) < 4.78 is 0. The maximum absolute atomic E-state index is 4.06. The smallest absolute Gasteiger partial charge is 0.0249 e. The molecular formula is C12H15N. The van der Waals surface area contributed by atoms with E-state index in [2.05, 4.69) is 37.6 Å². The van der Waals surface area contributed by atoms with Crippen molar-refractivity contribution in [2.24, 2.45) is 4.99 Å². The molecule has 0 unspecified atom stereocenters. The summed E-state index contributed by atoms with van der Waals surface area (Å²) in [5.74, 6) is 0. The first kappa shape index (κ1) is 9.72. The molecular weight excluding hydrogens is 158 g/mol. The van der Waals surface area contributed by atoms with E-state index in [-0.39, 0.29) is 5.41 Å². The van der Waals surface area contributed by atoms with Crippen molar-refractivity contribution in [3.63, 3.8) is 0 Å². The van der Waals surface area contributed by atoms with E-state index in [9.17, 15) is 0 Å². The molecule has 0 bridgehead atoms. The molecule has 13 heavy (non-hydrogen) atoms. The SMILES string of the molecule is C=CN=CC(C)(C)c1ccccc1. The number of nitrogens with zero attached hydrogens (tertiary/aromatic N) is 1. The predicted octanol–water partition coefficient (Wildman–Crippen LogP) is 3.18. The summed E-state index contributed by atoms with van der Waals surface area (Å²) in [5.41, 5.74) is 1.25. The van der Waals surface area contributed by atoms with Gasteiger partial charge in [-0.25, -0.2) is 0 Å². The quantitative estimate of drug-likeness (QED) is 0.622. The fourth-order valence-electron chi connectivity index (χ4n) is 1.18. The minimum absolute atomic E-state index is 0.0184. The lowest BCUT2D eigenvalue weighted by molar-refractivity contribution is 0.735. The molecule has 1 aromatic carbocycles. The fourth-order valence-corrected chi connectivity index (χ4v) is 1.18. The molecule has 0 saturated heterocycles. The molecule has 0 aliphatic rings. The number of hydrogen-bond donors (Lipinski definition) is 0. The van der Waals surface area contributed by atoms with Crippen LogP contribution in [0.1, 0.15) is 19.4 Å². The summed E-state index contributed by atoms with van der Waals surface area (Å²) >= 11 is 0. The minimum Gasteiger partial charge on any atom is -0.269 e. The highest BCUT2D eigenvalue weighted by atomic mass is 14.7. The van der Waals surface area contributed by atoms with Crippen molar-refractivity contribution in [3.8, 4) is 0 Å². The maximum Gasteiger partial charge on any atom is 0.0249 e. The van der Waals surface area contributed by atoms with Gasteiger partial charge in [0, 0.05) is 17.8 Å². The number of aliphatic imine (C=N–C) groups is 1. The lowest BCUT2D eigenvalue weighted by Gasteiger charge is -2.19. The van der Waals surface area contributed by atoms with Gasteiger partial charge in [0.25, 0.3) is 0 Å². The Labute approximate surface area is 79.8 Å². The molecule has 0 aromatic heterocycles. The van der Waals surface area contributed by atoms with Gasteiger partial charge in [0.1, 0.15) is 0 Å². The molecule has 1 rings (SSSR count). The third-order valence-electron chi connectivity index (χ3n) is 2.02. The van der Waals surface area contributed by atoms with Crippen LogP contribution in [0.3, 0.4) is 0 Å². The van der Waals surface area contributed by atoms with Crippen LogP contribution in [0, 0.1) is 0 Å². The Bertz CT molecular complexity index is 296. The van der Waals surface area contributed by atoms with Gasteiger partial charge in [-0.05, 0) is 5.56 Å². The molecule has 1 aromatic rings. The van der Waals surface area contributed by atoms with Crippen molar-refractivity contribution in [1.82, 2.24) is 0 Å². The van der Waals surface area contributed by atoms with Crippen molar-refractivity contribution < 1.29 is 0 Å². The van der Waals surface area contributed by atoms with Crippen molar-refractivity contribution >= 4 is 6.21 Å². The zero-order valence-electron chi connectivity index (χ0n) is 8.20. The third-order valence-corrected chi connectivity index (χ3v) is 2.02. The van der Waals surface area contributed by atoms with E-state index in [0.29, 0.717) is 0 Å². The highest BCUT2D eigenvalue weighted by molar-refractivity contribution is 5.72. The number of hydrogen-bond acceptors (Lipinski definition) is 1. The molecule has 0 radical (unpaired) electrons. The maximum atomic E-state index is 4.06. The third kappa shape index (κ3) is 2.55. The van der Waals surface area contributed by atoms with Crippen LogP contribution in [0.15, 0.2) is 48.1 Å². The average molecular weight is 173 g/mol. The molecule has 1 heteroatoms. The molecule has 0 fully saturated rings. The van der Waals surface area contributed by atoms with Crippen LogP contribution in [-0.4, -0.2) is 6.21 Å². The Morgan fingerprint density at radius 2 is 1.85 bits per heavy atom. The lowest BCUT2D eigenvalue weighted by Crippen LogP contribution is -2.18. The van der Waals surface area contributed by atoms with Gasteiger partial charge in [-0.15, -0.1) is 0 Å². The summed E-state index contributed by atoms with van der Waals surface area (Å²) in [4.78, 5) is 4.06. The van der Waals surface area contributed by atoms with Crippen LogP contribution in [0.2, 0.25) is 0 Å². The minimum atomic E-state index is -0.0184. The molecule has 0 N–H and O–H groups in total. The van der Waals surface area contributed by atoms with E-state index >= 15 is 0 Å². The van der Waals surface area contributed by atoms with Gasteiger partial charge in [-0.2, -0.15) is 0 Å². The monoisotopic (exact) mass is 173 g/mol. The van der Waals surface area contributed by atoms with Gasteiger partial charge < -0.3 is 0 Å². The first-order chi connectivity index (χ1) is 6.17. The molecule has 0 spiro atoms. The number of rotatable bonds is 3. The average Bonchev–Trinajstić information content (AvgIpc) is 2.16. The van der Waals surface area contributed by atoms with Crippen molar-refractivity contribution in [2.75, 3.05) is 0 Å². The molecule has 68 valence electrons. The Morgan fingerprint density at radius 3 is 2.38 bits per heavy atom. The van der Waals surface area contributed by atoms with Gasteiger partial charge in [-0.3, -0.25) is 4.99 Å². The van der Waals surface area contributed by atoms with E-state index in [4.69, 9.17) is 0 Å². The van der Waals surface area contributed by atoms with Crippen LogP contribution in [0.25, 0.3) is 0 Å². The highest BCUT2D eigenvalue weighted by Gasteiger charge is 2.16. The van der Waals surface area contributed by atoms with Crippen LogP contribution in [0.4, 0.5) is 0 Å². The normalized spacial score (nSPS) is 11.8. The molecule has 0 atom stereocenters. The summed E-state index contributed by atoms with van der Waals surface area (Å²) in [5, 5.41) is 0. The molecule has 0 saturated carbocycles. The van der Waals surface area contributed by atoms with E-state index in [0.717, 1.165) is 0 Å². The summed E-state index contributed by atoms with van der Waals surface area (Å²) in [6, 6.07) is 10.3. The zero-order chi connectivity index (χ0) is 9.73. The lowest BCUT2D eigenvalue weighted by atomic mass is 9.86. The Balaban J connectivity index is 2.93. The second kappa shape index (κ2) is 4.04. The molecule has 0 amide bonds. The van der Waals surface area contributed by atoms with Crippen molar-refractivity contribution in [3.05, 3.63) is 48.7 Å². The molecule has 0 aliphatic heterocycles. The Morgan fingerprint density at radius 1 is 1.23 bits per heavy atom. The molecule has 0 aliphatic carbocycles. The van der Waals surface area contributed by atoms with Crippen molar-refractivity contribution in [1.29, 1.82) is 0 Å². The number of benzene rings is 1. The van der Waals surface area contributed by atoms with Gasteiger partial charge >= 0.3 is 0 Å².